The van der Waals surface area contributed by atoms with Gasteiger partial charge >= 0.3 is 6.09 Å². The number of nitrogens with zero attached hydrogens (tertiary/aromatic N) is 1. The molecule has 2 unspecified atom stereocenters. The topological polar surface area (TPSA) is 81.8 Å². The third-order valence-corrected chi connectivity index (χ3v) is 2.31. The molecule has 16 heavy (non-hydrogen) atoms. The minimum atomic E-state index is -2.95. The smallest absolute Gasteiger partial charge is 0.440 e. The van der Waals surface area contributed by atoms with Crippen LogP contribution >= 0.6 is 0 Å². The van der Waals surface area contributed by atoms with Gasteiger partial charge < -0.3 is 4.74 Å². The van der Waals surface area contributed by atoms with Crippen LogP contribution in [0.1, 0.15) is 18.6 Å². The van der Waals surface area contributed by atoms with E-state index < -0.39 is 22.1 Å². The summed E-state index contributed by atoms with van der Waals surface area (Å²) in [4.78, 5) is 11.2. The molecule has 0 spiro atoms. The summed E-state index contributed by atoms with van der Waals surface area (Å²) < 4.78 is 19.2. The second kappa shape index (κ2) is 5.09. The lowest BCUT2D eigenvalue weighted by Crippen LogP contribution is -2.13. The Bertz CT molecular complexity index is 470. The summed E-state index contributed by atoms with van der Waals surface area (Å²) in [5.41, 5.74) is 0.839. The molecule has 1 amide bonds. The van der Waals surface area contributed by atoms with Crippen LogP contribution in [0.3, 0.4) is 0 Å². The quantitative estimate of drug-likeness (QED) is 0.859. The van der Waals surface area contributed by atoms with Crippen LogP contribution < -0.4 is 5.14 Å². The van der Waals surface area contributed by atoms with Gasteiger partial charge in [0.1, 0.15) is 16.0 Å². The maximum atomic E-state index is 11.2. The number of hydrogen-bond donors (Lipinski definition) is 1. The van der Waals surface area contributed by atoms with E-state index in [1.807, 2.05) is 30.3 Å². The van der Waals surface area contributed by atoms with Crippen molar-refractivity contribution in [2.45, 2.75) is 13.0 Å². The molecule has 2 N–H and O–H groups in total. The van der Waals surface area contributed by atoms with E-state index in [-0.39, 0.29) is 0 Å². The van der Waals surface area contributed by atoms with Crippen molar-refractivity contribution >= 4 is 16.0 Å². The van der Waals surface area contributed by atoms with E-state index in [0.717, 1.165) is 5.56 Å². The summed E-state index contributed by atoms with van der Waals surface area (Å²) in [6.07, 6.45) is -0.188. The van der Waals surface area contributed by atoms with E-state index in [1.165, 1.54) is 6.26 Å². The summed E-state index contributed by atoms with van der Waals surface area (Å²) >= 11 is 0. The van der Waals surface area contributed by atoms with Crippen LogP contribution in [0.25, 0.3) is 0 Å². The minimum Gasteiger partial charge on any atom is -0.440 e. The highest BCUT2D eigenvalue weighted by Crippen LogP contribution is 2.16. The molecule has 5 nitrogen and oxygen atoms in total. The number of amides is 1. The summed E-state index contributed by atoms with van der Waals surface area (Å²) in [6, 6.07) is 9.18. The van der Waals surface area contributed by atoms with Gasteiger partial charge in [-0.2, -0.15) is 0 Å². The molecular weight excluding hydrogens is 228 g/mol. The molecule has 88 valence electrons. The van der Waals surface area contributed by atoms with Crippen LogP contribution in [-0.4, -0.2) is 16.6 Å². The number of carbonyl (C=O) groups excluding carboxylic acids is 1. The Morgan fingerprint density at radius 2 is 2.00 bits per heavy atom. The fourth-order valence-electron chi connectivity index (χ4n) is 1.11. The molecule has 0 heterocycles. The minimum absolute atomic E-state index is 0.445. The second-order valence-corrected chi connectivity index (χ2v) is 5.29. The molecule has 0 aliphatic carbocycles. The SMILES string of the molecule is CC(OC(=O)N=S(C)(N)=O)c1ccccc1. The second-order valence-electron chi connectivity index (χ2n) is 3.39. The molecule has 1 aromatic carbocycles. The van der Waals surface area contributed by atoms with E-state index in [2.05, 4.69) is 4.36 Å². The summed E-state index contributed by atoms with van der Waals surface area (Å²) in [7, 11) is -2.95. The lowest BCUT2D eigenvalue weighted by atomic mass is 10.1. The Morgan fingerprint density at radius 1 is 1.44 bits per heavy atom. The van der Waals surface area contributed by atoms with E-state index in [1.54, 1.807) is 6.92 Å². The van der Waals surface area contributed by atoms with E-state index in [9.17, 15) is 9.00 Å². The average molecular weight is 242 g/mol. The van der Waals surface area contributed by atoms with Gasteiger partial charge in [-0.25, -0.2) is 14.1 Å². The largest absolute Gasteiger partial charge is 0.443 e. The molecule has 0 radical (unpaired) electrons. The molecule has 2 atom stereocenters. The summed E-state index contributed by atoms with van der Waals surface area (Å²) in [5.74, 6) is 0. The first kappa shape index (κ1) is 12.7. The fraction of sp³-hybridized carbons (Fsp3) is 0.300. The van der Waals surface area contributed by atoms with Gasteiger partial charge in [0.15, 0.2) is 0 Å². The maximum absolute atomic E-state index is 11.2. The molecule has 0 fully saturated rings. The monoisotopic (exact) mass is 242 g/mol. The van der Waals surface area contributed by atoms with E-state index in [0.29, 0.717) is 0 Å². The van der Waals surface area contributed by atoms with Crippen molar-refractivity contribution in [2.24, 2.45) is 9.50 Å². The van der Waals surface area contributed by atoms with Crippen molar-refractivity contribution in [1.29, 1.82) is 0 Å². The van der Waals surface area contributed by atoms with Crippen LogP contribution in [-0.2, 0) is 14.7 Å². The number of ether oxygens (including phenoxy) is 1. The van der Waals surface area contributed by atoms with Crippen molar-refractivity contribution in [1.82, 2.24) is 0 Å². The first-order chi connectivity index (χ1) is 7.38. The van der Waals surface area contributed by atoms with Crippen molar-refractivity contribution in [3.63, 3.8) is 0 Å². The first-order valence-electron chi connectivity index (χ1n) is 4.64. The highest BCUT2D eigenvalue weighted by molar-refractivity contribution is 7.90. The Hall–Kier alpha value is -1.40. The molecule has 1 aromatic rings. The molecule has 1 rings (SSSR count). The van der Waals surface area contributed by atoms with Gasteiger partial charge in [-0.15, -0.1) is 4.36 Å². The van der Waals surface area contributed by atoms with Crippen LogP contribution in [0.4, 0.5) is 4.79 Å². The van der Waals surface area contributed by atoms with Gasteiger partial charge in [0.2, 0.25) is 0 Å². The Balaban J connectivity index is 2.70. The number of benzene rings is 1. The highest BCUT2D eigenvalue weighted by Gasteiger charge is 2.11. The molecule has 0 aliphatic rings. The number of rotatable bonds is 2. The van der Waals surface area contributed by atoms with Crippen molar-refractivity contribution in [3.8, 4) is 0 Å². The van der Waals surface area contributed by atoms with Crippen LogP contribution in [0.15, 0.2) is 34.7 Å². The molecule has 6 heteroatoms. The first-order valence-corrected chi connectivity index (χ1v) is 6.62. The van der Waals surface area contributed by atoms with Crippen LogP contribution in [0.5, 0.6) is 0 Å². The predicted molar refractivity (Wildman–Crippen MR) is 62.0 cm³/mol. The standard InChI is InChI=1S/C10H14N2O3S/c1-8(9-6-4-3-5-7-9)15-10(13)12-16(2,11)14/h3-8H,1-2H3,(H2,11,12,13,14). The number of hydrogen-bond acceptors (Lipinski definition) is 3. The van der Waals surface area contributed by atoms with Gasteiger partial charge in [0.25, 0.3) is 0 Å². The van der Waals surface area contributed by atoms with Crippen LogP contribution in [0.2, 0.25) is 0 Å². The Labute approximate surface area is 94.9 Å². The zero-order valence-electron chi connectivity index (χ0n) is 9.12. The lowest BCUT2D eigenvalue weighted by molar-refractivity contribution is 0.117. The molecule has 0 saturated carbocycles. The molecule has 0 aliphatic heterocycles. The Kier molecular flexibility index (Phi) is 4.03. The van der Waals surface area contributed by atoms with E-state index in [4.69, 9.17) is 9.88 Å². The summed E-state index contributed by atoms with van der Waals surface area (Å²) in [6.45, 7) is 1.71. The third kappa shape index (κ3) is 4.41. The zero-order chi connectivity index (χ0) is 12.2. The molecule has 0 bridgehead atoms. The summed E-state index contributed by atoms with van der Waals surface area (Å²) in [5, 5.41) is 5.11. The zero-order valence-corrected chi connectivity index (χ0v) is 9.94. The van der Waals surface area contributed by atoms with E-state index >= 15 is 0 Å². The fourth-order valence-corrected chi connectivity index (χ4v) is 1.45. The van der Waals surface area contributed by atoms with Gasteiger partial charge in [0.05, 0.1) is 0 Å². The lowest BCUT2D eigenvalue weighted by Gasteiger charge is -2.11. The van der Waals surface area contributed by atoms with Gasteiger partial charge in [-0.1, -0.05) is 30.3 Å². The number of nitrogens with two attached hydrogens (primary N) is 1. The van der Waals surface area contributed by atoms with Gasteiger partial charge in [-0.05, 0) is 12.5 Å². The highest BCUT2D eigenvalue weighted by atomic mass is 32.2. The number of carbonyl (C=O) groups is 1. The third-order valence-electron chi connectivity index (χ3n) is 1.80. The maximum Gasteiger partial charge on any atom is 0.443 e. The van der Waals surface area contributed by atoms with Gasteiger partial charge in [0, 0.05) is 6.26 Å². The van der Waals surface area contributed by atoms with Crippen molar-refractivity contribution < 1.29 is 13.7 Å². The molecule has 0 aromatic heterocycles. The molecular formula is C10H14N2O3S. The van der Waals surface area contributed by atoms with Crippen molar-refractivity contribution in [2.75, 3.05) is 6.26 Å². The van der Waals surface area contributed by atoms with Crippen molar-refractivity contribution in [3.05, 3.63) is 35.9 Å². The predicted octanol–water partition coefficient (Wildman–Crippen LogP) is 1.86. The van der Waals surface area contributed by atoms with Gasteiger partial charge in [-0.3, -0.25) is 0 Å². The average Bonchev–Trinajstić information content (AvgIpc) is 2.16. The normalized spacial score (nSPS) is 15.9. The van der Waals surface area contributed by atoms with Crippen LogP contribution in [0, 0.1) is 0 Å². The molecule has 0 saturated heterocycles. The Morgan fingerprint density at radius 3 is 2.50 bits per heavy atom.